The lowest BCUT2D eigenvalue weighted by molar-refractivity contribution is 0.314. The first-order chi connectivity index (χ1) is 12.7. The summed E-state index contributed by atoms with van der Waals surface area (Å²) in [6, 6.07) is 8.78. The Balaban J connectivity index is 1.64. The molecule has 0 aliphatic rings. The van der Waals surface area contributed by atoms with Gasteiger partial charge in [-0.3, -0.25) is 4.98 Å². The van der Waals surface area contributed by atoms with Gasteiger partial charge in [0.2, 0.25) is 0 Å². The molecule has 0 spiro atoms. The van der Waals surface area contributed by atoms with Crippen molar-refractivity contribution in [1.82, 2.24) is 15.0 Å². The van der Waals surface area contributed by atoms with Crippen LogP contribution in [0.25, 0.3) is 11.4 Å². The quantitative estimate of drug-likeness (QED) is 0.651. The van der Waals surface area contributed by atoms with Crippen LogP contribution >= 0.6 is 0 Å². The number of anilines is 1. The fourth-order valence-electron chi connectivity index (χ4n) is 2.33. The molecule has 0 aliphatic carbocycles. The molecule has 0 fully saturated rings. The average Bonchev–Trinajstić information content (AvgIpc) is 2.67. The Labute approximate surface area is 150 Å². The molecule has 0 radical (unpaired) electrons. The smallest absolute Gasteiger partial charge is 0.167 e. The van der Waals surface area contributed by atoms with Crippen LogP contribution in [0.3, 0.4) is 0 Å². The van der Waals surface area contributed by atoms with Crippen molar-refractivity contribution in [1.29, 1.82) is 0 Å². The fourth-order valence-corrected chi connectivity index (χ4v) is 2.33. The van der Waals surface area contributed by atoms with Crippen molar-refractivity contribution in [3.05, 3.63) is 66.1 Å². The highest BCUT2D eigenvalue weighted by Gasteiger charge is 2.07. The number of hydrogen-bond donors (Lipinski definition) is 1. The van der Waals surface area contributed by atoms with Crippen molar-refractivity contribution < 1.29 is 13.5 Å². The van der Waals surface area contributed by atoms with Crippen LogP contribution in [-0.2, 0) is 6.42 Å². The van der Waals surface area contributed by atoms with E-state index < -0.39 is 11.6 Å². The molecule has 2 heterocycles. The van der Waals surface area contributed by atoms with Crippen molar-refractivity contribution in [2.45, 2.75) is 13.3 Å². The van der Waals surface area contributed by atoms with Crippen LogP contribution in [0.1, 0.15) is 12.6 Å². The topological polar surface area (TPSA) is 59.9 Å². The summed E-state index contributed by atoms with van der Waals surface area (Å²) in [7, 11) is 0. The van der Waals surface area contributed by atoms with Gasteiger partial charge in [-0.2, -0.15) is 0 Å². The number of benzene rings is 1. The Kier molecular flexibility index (Phi) is 5.68. The van der Waals surface area contributed by atoms with E-state index in [1.807, 2.05) is 25.1 Å². The highest BCUT2D eigenvalue weighted by atomic mass is 19.1. The number of ether oxygens (including phenoxy) is 1. The van der Waals surface area contributed by atoms with Gasteiger partial charge in [0, 0.05) is 35.8 Å². The standard InChI is InChI=1S/C19H18F2N4O/c1-2-15-12-18(25-19(24-15)13-5-7-22-8-6-13)23-9-10-26-17-4-3-14(20)11-16(17)21/h3-8,11-12H,2,9-10H2,1H3,(H,23,24,25). The van der Waals surface area contributed by atoms with Crippen LogP contribution in [0.5, 0.6) is 5.75 Å². The van der Waals surface area contributed by atoms with Crippen LogP contribution < -0.4 is 10.1 Å². The lowest BCUT2D eigenvalue weighted by atomic mass is 10.2. The third kappa shape index (κ3) is 4.50. The van der Waals surface area contributed by atoms with Gasteiger partial charge in [0.05, 0.1) is 6.54 Å². The van der Waals surface area contributed by atoms with Gasteiger partial charge in [-0.15, -0.1) is 0 Å². The summed E-state index contributed by atoms with van der Waals surface area (Å²) in [5.74, 6) is -0.0702. The Bertz CT molecular complexity index is 875. The highest BCUT2D eigenvalue weighted by molar-refractivity contribution is 5.56. The highest BCUT2D eigenvalue weighted by Crippen LogP contribution is 2.19. The second-order valence-electron chi connectivity index (χ2n) is 5.51. The molecule has 134 valence electrons. The number of nitrogens with one attached hydrogen (secondary N) is 1. The minimum absolute atomic E-state index is 0.0163. The first-order valence-electron chi connectivity index (χ1n) is 8.26. The Morgan fingerprint density at radius 2 is 1.85 bits per heavy atom. The van der Waals surface area contributed by atoms with E-state index in [4.69, 9.17) is 4.74 Å². The minimum Gasteiger partial charge on any atom is -0.489 e. The number of aromatic nitrogens is 3. The van der Waals surface area contributed by atoms with Crippen LogP contribution in [0.15, 0.2) is 48.8 Å². The zero-order valence-electron chi connectivity index (χ0n) is 14.2. The summed E-state index contributed by atoms with van der Waals surface area (Å²) in [6.45, 7) is 2.63. The zero-order valence-corrected chi connectivity index (χ0v) is 14.2. The van der Waals surface area contributed by atoms with Crippen LogP contribution in [0.2, 0.25) is 0 Å². The maximum Gasteiger partial charge on any atom is 0.167 e. The average molecular weight is 356 g/mol. The van der Waals surface area contributed by atoms with E-state index in [1.54, 1.807) is 12.4 Å². The van der Waals surface area contributed by atoms with Crippen molar-refractivity contribution in [3.8, 4) is 17.1 Å². The maximum absolute atomic E-state index is 13.5. The Hall–Kier alpha value is -3.09. The van der Waals surface area contributed by atoms with Gasteiger partial charge in [-0.25, -0.2) is 18.7 Å². The number of nitrogens with zero attached hydrogens (tertiary/aromatic N) is 3. The van der Waals surface area contributed by atoms with Crippen LogP contribution in [-0.4, -0.2) is 28.1 Å². The predicted molar refractivity (Wildman–Crippen MR) is 95.0 cm³/mol. The molecule has 0 saturated carbocycles. The molecule has 3 aromatic rings. The van der Waals surface area contributed by atoms with E-state index in [0.717, 1.165) is 29.8 Å². The van der Waals surface area contributed by atoms with Crippen molar-refractivity contribution in [2.75, 3.05) is 18.5 Å². The molecule has 0 unspecified atom stereocenters. The number of hydrogen-bond acceptors (Lipinski definition) is 5. The molecule has 5 nitrogen and oxygen atoms in total. The van der Waals surface area contributed by atoms with Gasteiger partial charge in [0.1, 0.15) is 18.2 Å². The summed E-state index contributed by atoms with van der Waals surface area (Å²) in [6.07, 6.45) is 4.15. The largest absolute Gasteiger partial charge is 0.489 e. The second-order valence-corrected chi connectivity index (χ2v) is 5.51. The molecule has 2 aromatic heterocycles. The zero-order chi connectivity index (χ0) is 18.4. The van der Waals surface area contributed by atoms with Gasteiger partial charge in [0.25, 0.3) is 0 Å². The molecule has 0 atom stereocenters. The first-order valence-corrected chi connectivity index (χ1v) is 8.26. The number of aryl methyl sites for hydroxylation is 1. The maximum atomic E-state index is 13.5. The molecule has 0 saturated heterocycles. The third-order valence-electron chi connectivity index (χ3n) is 3.64. The molecule has 0 bridgehead atoms. The third-order valence-corrected chi connectivity index (χ3v) is 3.64. The second kappa shape index (κ2) is 8.33. The van der Waals surface area contributed by atoms with E-state index in [0.29, 0.717) is 18.2 Å². The predicted octanol–water partition coefficient (Wildman–Crippen LogP) is 3.87. The number of rotatable bonds is 7. The SMILES string of the molecule is CCc1cc(NCCOc2ccc(F)cc2F)nc(-c2ccncc2)n1. The lowest BCUT2D eigenvalue weighted by Gasteiger charge is -2.11. The van der Waals surface area contributed by atoms with Crippen molar-refractivity contribution >= 4 is 5.82 Å². The van der Waals surface area contributed by atoms with Crippen LogP contribution in [0, 0.1) is 11.6 Å². The molecule has 0 amide bonds. The van der Waals surface area contributed by atoms with Gasteiger partial charge >= 0.3 is 0 Å². The van der Waals surface area contributed by atoms with Crippen LogP contribution in [0.4, 0.5) is 14.6 Å². The van der Waals surface area contributed by atoms with E-state index in [1.165, 1.54) is 6.07 Å². The van der Waals surface area contributed by atoms with E-state index >= 15 is 0 Å². The summed E-state index contributed by atoms with van der Waals surface area (Å²) >= 11 is 0. The lowest BCUT2D eigenvalue weighted by Crippen LogP contribution is -2.13. The van der Waals surface area contributed by atoms with Crippen molar-refractivity contribution in [2.24, 2.45) is 0 Å². The molecule has 1 aromatic carbocycles. The normalized spacial score (nSPS) is 10.6. The first kappa shape index (κ1) is 17.7. The molecular formula is C19H18F2N4O. The monoisotopic (exact) mass is 356 g/mol. The van der Waals surface area contributed by atoms with E-state index in [-0.39, 0.29) is 12.4 Å². The molecular weight excluding hydrogens is 338 g/mol. The minimum atomic E-state index is -0.722. The molecule has 7 heteroatoms. The molecule has 1 N–H and O–H groups in total. The van der Waals surface area contributed by atoms with Gasteiger partial charge in [-0.1, -0.05) is 6.92 Å². The number of pyridine rings is 1. The van der Waals surface area contributed by atoms with E-state index in [9.17, 15) is 8.78 Å². The molecule has 3 rings (SSSR count). The summed E-state index contributed by atoms with van der Waals surface area (Å²) < 4.78 is 31.7. The molecule has 26 heavy (non-hydrogen) atoms. The van der Waals surface area contributed by atoms with E-state index in [2.05, 4.69) is 20.3 Å². The van der Waals surface area contributed by atoms with Gasteiger partial charge in [0.15, 0.2) is 17.4 Å². The summed E-state index contributed by atoms with van der Waals surface area (Å²) in [4.78, 5) is 13.0. The summed E-state index contributed by atoms with van der Waals surface area (Å²) in [5.41, 5.74) is 1.78. The Morgan fingerprint density at radius 3 is 2.58 bits per heavy atom. The molecule has 0 aliphatic heterocycles. The number of halogens is 2. The Morgan fingerprint density at radius 1 is 1.04 bits per heavy atom. The summed E-state index contributed by atoms with van der Waals surface area (Å²) in [5, 5.41) is 3.14. The van der Waals surface area contributed by atoms with Gasteiger partial charge < -0.3 is 10.1 Å². The fraction of sp³-hybridized carbons (Fsp3) is 0.211. The van der Waals surface area contributed by atoms with Gasteiger partial charge in [-0.05, 0) is 30.7 Å². The van der Waals surface area contributed by atoms with Crippen molar-refractivity contribution in [3.63, 3.8) is 0 Å².